The van der Waals surface area contributed by atoms with Crippen LogP contribution in [0.15, 0.2) is 0 Å². The highest BCUT2D eigenvalue weighted by molar-refractivity contribution is 9.09. The monoisotopic (exact) mass is 182 g/mol. The molecule has 0 fully saturated rings. The van der Waals surface area contributed by atoms with Crippen molar-refractivity contribution in [3.8, 4) is 0 Å². The molecule has 0 rings (SSSR count). The lowest BCUT2D eigenvalue weighted by molar-refractivity contribution is 0.0525. The third kappa shape index (κ3) is 4.56. The summed E-state index contributed by atoms with van der Waals surface area (Å²) < 4.78 is 5.04. The SMILES string of the molecule is CC(CBr)OCCO. The first-order valence-corrected chi connectivity index (χ1v) is 3.71. The molecule has 0 spiro atoms. The highest BCUT2D eigenvalue weighted by Crippen LogP contribution is 1.93. The molecule has 0 amide bonds. The highest BCUT2D eigenvalue weighted by Gasteiger charge is 1.95. The standard InChI is InChI=1S/C5H11BrO2/c1-5(4-6)8-3-2-7/h5,7H,2-4H2,1H3. The van der Waals surface area contributed by atoms with E-state index in [9.17, 15) is 0 Å². The number of ether oxygens (including phenoxy) is 1. The van der Waals surface area contributed by atoms with Gasteiger partial charge in [-0.25, -0.2) is 0 Å². The molecule has 1 N–H and O–H groups in total. The normalized spacial score (nSPS) is 13.9. The van der Waals surface area contributed by atoms with Crippen LogP contribution in [0.25, 0.3) is 0 Å². The predicted octanol–water partition coefficient (Wildman–Crippen LogP) is 0.779. The van der Waals surface area contributed by atoms with Crippen LogP contribution >= 0.6 is 15.9 Å². The van der Waals surface area contributed by atoms with E-state index in [-0.39, 0.29) is 12.7 Å². The van der Waals surface area contributed by atoms with Gasteiger partial charge in [-0.15, -0.1) is 0 Å². The highest BCUT2D eigenvalue weighted by atomic mass is 79.9. The van der Waals surface area contributed by atoms with Crippen molar-refractivity contribution in [3.63, 3.8) is 0 Å². The summed E-state index contributed by atoms with van der Waals surface area (Å²) >= 11 is 3.24. The first-order chi connectivity index (χ1) is 3.81. The van der Waals surface area contributed by atoms with E-state index in [1.807, 2.05) is 6.92 Å². The number of alkyl halides is 1. The van der Waals surface area contributed by atoms with E-state index < -0.39 is 0 Å². The van der Waals surface area contributed by atoms with E-state index in [2.05, 4.69) is 15.9 Å². The lowest BCUT2D eigenvalue weighted by Gasteiger charge is -2.06. The Bertz CT molecular complexity index is 49.7. The Morgan fingerprint density at radius 3 is 2.75 bits per heavy atom. The van der Waals surface area contributed by atoms with Gasteiger partial charge in [0.25, 0.3) is 0 Å². The van der Waals surface area contributed by atoms with Gasteiger partial charge in [0.15, 0.2) is 0 Å². The molecule has 0 aliphatic carbocycles. The molecular formula is C5H11BrO2. The van der Waals surface area contributed by atoms with Crippen LogP contribution in [-0.4, -0.2) is 29.8 Å². The van der Waals surface area contributed by atoms with Gasteiger partial charge in [-0.2, -0.15) is 0 Å². The Kier molecular flexibility index (Phi) is 5.81. The van der Waals surface area contributed by atoms with Gasteiger partial charge in [0.2, 0.25) is 0 Å². The van der Waals surface area contributed by atoms with Gasteiger partial charge < -0.3 is 9.84 Å². The third-order valence-electron chi connectivity index (χ3n) is 0.711. The Labute approximate surface area is 58.0 Å². The van der Waals surface area contributed by atoms with Crippen LogP contribution in [0.2, 0.25) is 0 Å². The van der Waals surface area contributed by atoms with Crippen LogP contribution in [0, 0.1) is 0 Å². The predicted molar refractivity (Wildman–Crippen MR) is 36.3 cm³/mol. The van der Waals surface area contributed by atoms with E-state index in [4.69, 9.17) is 9.84 Å². The molecule has 3 heteroatoms. The van der Waals surface area contributed by atoms with E-state index >= 15 is 0 Å². The van der Waals surface area contributed by atoms with Crippen molar-refractivity contribution in [2.24, 2.45) is 0 Å². The van der Waals surface area contributed by atoms with Gasteiger partial charge in [0.05, 0.1) is 19.3 Å². The Morgan fingerprint density at radius 1 is 1.75 bits per heavy atom. The summed E-state index contributed by atoms with van der Waals surface area (Å²) in [5.74, 6) is 0. The van der Waals surface area contributed by atoms with Crippen LogP contribution in [0.1, 0.15) is 6.92 Å². The van der Waals surface area contributed by atoms with E-state index in [0.717, 1.165) is 5.33 Å². The average Bonchev–Trinajstić information content (AvgIpc) is 1.83. The van der Waals surface area contributed by atoms with Crippen molar-refractivity contribution < 1.29 is 9.84 Å². The van der Waals surface area contributed by atoms with Crippen molar-refractivity contribution in [3.05, 3.63) is 0 Å². The van der Waals surface area contributed by atoms with E-state index in [1.54, 1.807) is 0 Å². The molecule has 2 nitrogen and oxygen atoms in total. The zero-order valence-corrected chi connectivity index (χ0v) is 6.52. The second-order valence-electron chi connectivity index (χ2n) is 1.56. The zero-order valence-electron chi connectivity index (χ0n) is 4.93. The summed E-state index contributed by atoms with van der Waals surface area (Å²) in [5, 5.41) is 9.10. The maximum Gasteiger partial charge on any atom is 0.0701 e. The van der Waals surface area contributed by atoms with E-state index in [1.165, 1.54) is 0 Å². The molecule has 0 saturated heterocycles. The molecule has 0 heterocycles. The molecule has 1 unspecified atom stereocenters. The van der Waals surface area contributed by atoms with Crippen LogP contribution in [-0.2, 0) is 4.74 Å². The topological polar surface area (TPSA) is 29.5 Å². The summed E-state index contributed by atoms with van der Waals surface area (Å²) in [5.41, 5.74) is 0. The lowest BCUT2D eigenvalue weighted by atomic mass is 10.5. The third-order valence-corrected chi connectivity index (χ3v) is 1.62. The zero-order chi connectivity index (χ0) is 6.41. The maximum atomic E-state index is 8.27. The minimum Gasteiger partial charge on any atom is -0.394 e. The largest absolute Gasteiger partial charge is 0.394 e. The maximum absolute atomic E-state index is 8.27. The summed E-state index contributed by atoms with van der Waals surface area (Å²) in [6, 6.07) is 0. The smallest absolute Gasteiger partial charge is 0.0701 e. The van der Waals surface area contributed by atoms with Crippen LogP contribution in [0.3, 0.4) is 0 Å². The second kappa shape index (κ2) is 5.54. The number of halogens is 1. The quantitative estimate of drug-likeness (QED) is 0.652. The fourth-order valence-corrected chi connectivity index (χ4v) is 0.485. The summed E-state index contributed by atoms with van der Waals surface area (Å²) in [7, 11) is 0. The number of rotatable bonds is 4. The number of aliphatic hydroxyl groups is 1. The number of hydrogen-bond donors (Lipinski definition) is 1. The molecule has 0 aromatic carbocycles. The second-order valence-corrected chi connectivity index (χ2v) is 2.21. The van der Waals surface area contributed by atoms with Crippen LogP contribution < -0.4 is 0 Å². The van der Waals surface area contributed by atoms with Crippen molar-refractivity contribution in [2.45, 2.75) is 13.0 Å². The minimum absolute atomic E-state index is 0.108. The summed E-state index contributed by atoms with van der Waals surface area (Å²) in [4.78, 5) is 0. The Morgan fingerprint density at radius 2 is 2.38 bits per heavy atom. The van der Waals surface area contributed by atoms with Gasteiger partial charge >= 0.3 is 0 Å². The van der Waals surface area contributed by atoms with Gasteiger partial charge in [0.1, 0.15) is 0 Å². The van der Waals surface area contributed by atoms with Gasteiger partial charge in [-0.05, 0) is 6.92 Å². The first kappa shape index (κ1) is 8.40. The van der Waals surface area contributed by atoms with Crippen LogP contribution in [0.5, 0.6) is 0 Å². The van der Waals surface area contributed by atoms with E-state index in [0.29, 0.717) is 6.61 Å². The van der Waals surface area contributed by atoms with Crippen molar-refractivity contribution >= 4 is 15.9 Å². The minimum atomic E-state index is 0.108. The molecule has 1 atom stereocenters. The van der Waals surface area contributed by atoms with Crippen molar-refractivity contribution in [1.82, 2.24) is 0 Å². The fraction of sp³-hybridized carbons (Fsp3) is 1.00. The molecular weight excluding hydrogens is 172 g/mol. The molecule has 8 heavy (non-hydrogen) atoms. The van der Waals surface area contributed by atoms with Gasteiger partial charge in [-0.3, -0.25) is 0 Å². The van der Waals surface area contributed by atoms with Gasteiger partial charge in [-0.1, -0.05) is 15.9 Å². The summed E-state index contributed by atoms with van der Waals surface area (Å²) in [6.07, 6.45) is 0.210. The molecule has 0 aromatic rings. The molecule has 50 valence electrons. The van der Waals surface area contributed by atoms with Crippen LogP contribution in [0.4, 0.5) is 0 Å². The molecule has 0 aliphatic heterocycles. The molecule has 0 aromatic heterocycles. The number of aliphatic hydroxyl groups excluding tert-OH is 1. The lowest BCUT2D eigenvalue weighted by Crippen LogP contribution is -2.11. The molecule has 0 bridgehead atoms. The number of hydrogen-bond acceptors (Lipinski definition) is 2. The fourth-order valence-electron chi connectivity index (χ4n) is 0.298. The van der Waals surface area contributed by atoms with Crippen molar-refractivity contribution in [2.75, 3.05) is 18.5 Å². The summed E-state index contributed by atoms with van der Waals surface area (Å²) in [6.45, 7) is 2.49. The molecule has 0 saturated carbocycles. The first-order valence-electron chi connectivity index (χ1n) is 2.59. The van der Waals surface area contributed by atoms with Gasteiger partial charge in [0, 0.05) is 5.33 Å². The molecule has 0 radical (unpaired) electrons. The average molecular weight is 183 g/mol. The molecule has 0 aliphatic rings. The van der Waals surface area contributed by atoms with Crippen molar-refractivity contribution in [1.29, 1.82) is 0 Å². The Balaban J connectivity index is 2.86. The Hall–Kier alpha value is 0.400.